The molecule has 0 spiro atoms. The summed E-state index contributed by atoms with van der Waals surface area (Å²) in [6, 6.07) is 6.68. The molecule has 2 saturated heterocycles. The third kappa shape index (κ3) is 6.52. The third-order valence-electron chi connectivity index (χ3n) is 6.48. The van der Waals surface area contributed by atoms with E-state index in [1.807, 2.05) is 6.92 Å². The zero-order valence-corrected chi connectivity index (χ0v) is 20.3. The number of aliphatic hydroxyl groups is 6. The molecule has 36 heavy (non-hydrogen) atoms. The van der Waals surface area contributed by atoms with Crippen LogP contribution in [-0.2, 0) is 30.2 Å². The maximum atomic E-state index is 12.0. The molecule has 0 aromatic heterocycles. The quantitative estimate of drug-likeness (QED) is 0.187. The standard InChI is InChI=1S/C24H36O12/c1-3-13(2)21(30)32-11-24(31)12-33-23(20(24)29)36-19-18(28)17(27)16(10-26)35-22(19)34-15-6-4-14(5-7-15)8-9-25/h4-7,13,16-20,22-23,25-29,31H,3,8-12H2,1-2H3/t13-,16+,17+,18?,19+,20-,22+,23-,24+/m0/s1. The number of esters is 1. The van der Waals surface area contributed by atoms with Crippen molar-refractivity contribution in [1.29, 1.82) is 0 Å². The van der Waals surface area contributed by atoms with Crippen LogP contribution in [0.5, 0.6) is 5.75 Å². The van der Waals surface area contributed by atoms with Gasteiger partial charge in [0.15, 0.2) is 18.0 Å². The third-order valence-corrected chi connectivity index (χ3v) is 6.48. The molecule has 1 aromatic carbocycles. The number of ether oxygens (including phenoxy) is 5. The molecule has 2 fully saturated rings. The lowest BCUT2D eigenvalue weighted by atomic mass is 9.98. The first kappa shape index (κ1) is 28.7. The first-order valence-electron chi connectivity index (χ1n) is 12.0. The average molecular weight is 517 g/mol. The average Bonchev–Trinajstić information content (AvgIpc) is 3.16. The van der Waals surface area contributed by atoms with Gasteiger partial charge in [-0.1, -0.05) is 26.0 Å². The Kier molecular flexibility index (Phi) is 10.0. The predicted octanol–water partition coefficient (Wildman–Crippen LogP) is -1.54. The molecular formula is C24H36O12. The molecule has 12 nitrogen and oxygen atoms in total. The molecule has 2 aliphatic heterocycles. The van der Waals surface area contributed by atoms with E-state index < -0.39 is 74.5 Å². The first-order valence-corrected chi connectivity index (χ1v) is 12.0. The van der Waals surface area contributed by atoms with Crippen LogP contribution in [0.1, 0.15) is 25.8 Å². The lowest BCUT2D eigenvalue weighted by Gasteiger charge is -2.42. The van der Waals surface area contributed by atoms with Gasteiger partial charge in [-0.25, -0.2) is 0 Å². The smallest absolute Gasteiger partial charge is 0.308 e. The van der Waals surface area contributed by atoms with Gasteiger partial charge in [0.1, 0.15) is 36.8 Å². The van der Waals surface area contributed by atoms with Crippen molar-refractivity contribution in [3.05, 3.63) is 29.8 Å². The minimum absolute atomic E-state index is 0.0169. The molecule has 1 unspecified atom stereocenters. The fourth-order valence-corrected chi connectivity index (χ4v) is 3.85. The molecule has 2 aliphatic rings. The van der Waals surface area contributed by atoms with Crippen molar-refractivity contribution in [2.24, 2.45) is 5.92 Å². The fourth-order valence-electron chi connectivity index (χ4n) is 3.85. The van der Waals surface area contributed by atoms with E-state index in [-0.39, 0.29) is 12.5 Å². The van der Waals surface area contributed by atoms with Gasteiger partial charge in [0.25, 0.3) is 0 Å². The summed E-state index contributed by atoms with van der Waals surface area (Å²) < 4.78 is 27.6. The van der Waals surface area contributed by atoms with Gasteiger partial charge >= 0.3 is 5.97 Å². The summed E-state index contributed by atoms with van der Waals surface area (Å²) in [5.74, 6) is -0.599. The monoisotopic (exact) mass is 516 g/mol. The SMILES string of the molecule is CC[C@H](C)C(=O)OC[C@@]1(O)CO[C@@H](O[C@@H]2C(O)[C@H](O)[C@@H](CO)O[C@H]2Oc2ccc(CCO)cc2)[C@@H]1O. The van der Waals surface area contributed by atoms with Crippen LogP contribution in [0.4, 0.5) is 0 Å². The first-order chi connectivity index (χ1) is 17.1. The molecule has 1 aromatic rings. The van der Waals surface area contributed by atoms with Crippen molar-refractivity contribution < 1.29 is 59.1 Å². The van der Waals surface area contributed by atoms with Gasteiger partial charge < -0.3 is 54.3 Å². The lowest BCUT2D eigenvalue weighted by Crippen LogP contribution is -2.62. The highest BCUT2D eigenvalue weighted by atomic mass is 16.8. The number of carbonyl (C=O) groups excluding carboxylic acids is 1. The number of aliphatic hydroxyl groups excluding tert-OH is 5. The Morgan fingerprint density at radius 2 is 1.83 bits per heavy atom. The second-order valence-corrected chi connectivity index (χ2v) is 9.19. The summed E-state index contributed by atoms with van der Waals surface area (Å²) in [6.45, 7) is 1.91. The Hall–Kier alpha value is -1.87. The van der Waals surface area contributed by atoms with E-state index in [1.165, 1.54) is 0 Å². The number of hydrogen-bond acceptors (Lipinski definition) is 12. The molecule has 0 aliphatic carbocycles. The van der Waals surface area contributed by atoms with Crippen molar-refractivity contribution in [2.75, 3.05) is 26.4 Å². The number of hydrogen-bond donors (Lipinski definition) is 6. The number of carbonyl (C=O) groups is 1. The van der Waals surface area contributed by atoms with Crippen LogP contribution in [0.25, 0.3) is 0 Å². The van der Waals surface area contributed by atoms with E-state index in [0.29, 0.717) is 18.6 Å². The van der Waals surface area contributed by atoms with E-state index in [1.54, 1.807) is 31.2 Å². The molecule has 0 radical (unpaired) electrons. The molecular weight excluding hydrogens is 480 g/mol. The Morgan fingerprint density at radius 3 is 2.44 bits per heavy atom. The minimum Gasteiger partial charge on any atom is -0.462 e. The molecule has 0 bridgehead atoms. The molecule has 6 N–H and O–H groups in total. The normalized spacial score (nSPS) is 35.4. The molecule has 9 atom stereocenters. The largest absolute Gasteiger partial charge is 0.462 e. The van der Waals surface area contributed by atoms with Gasteiger partial charge in [0.05, 0.1) is 19.1 Å². The Labute approximate surface area is 208 Å². The van der Waals surface area contributed by atoms with Crippen molar-refractivity contribution in [3.8, 4) is 5.75 Å². The van der Waals surface area contributed by atoms with Crippen molar-refractivity contribution >= 4 is 5.97 Å². The highest BCUT2D eigenvalue weighted by Gasteiger charge is 2.54. The van der Waals surface area contributed by atoms with E-state index in [4.69, 9.17) is 28.8 Å². The lowest BCUT2D eigenvalue weighted by molar-refractivity contribution is -0.318. The highest BCUT2D eigenvalue weighted by Crippen LogP contribution is 2.32. The molecule has 204 valence electrons. The molecule has 3 rings (SSSR count). The van der Waals surface area contributed by atoms with Crippen LogP contribution in [-0.4, -0.2) is 112 Å². The van der Waals surface area contributed by atoms with Crippen LogP contribution >= 0.6 is 0 Å². The van der Waals surface area contributed by atoms with E-state index in [9.17, 15) is 30.3 Å². The highest BCUT2D eigenvalue weighted by molar-refractivity contribution is 5.71. The second kappa shape index (κ2) is 12.6. The summed E-state index contributed by atoms with van der Waals surface area (Å²) in [4.78, 5) is 12.0. The van der Waals surface area contributed by atoms with E-state index in [0.717, 1.165) is 5.56 Å². The van der Waals surface area contributed by atoms with E-state index >= 15 is 0 Å². The van der Waals surface area contributed by atoms with Gasteiger partial charge in [0, 0.05) is 6.61 Å². The van der Waals surface area contributed by atoms with Gasteiger partial charge in [-0.2, -0.15) is 0 Å². The fraction of sp³-hybridized carbons (Fsp3) is 0.708. The zero-order valence-electron chi connectivity index (χ0n) is 20.3. The van der Waals surface area contributed by atoms with Crippen LogP contribution in [0.15, 0.2) is 24.3 Å². The maximum absolute atomic E-state index is 12.0. The van der Waals surface area contributed by atoms with Crippen LogP contribution < -0.4 is 4.74 Å². The predicted molar refractivity (Wildman–Crippen MR) is 122 cm³/mol. The maximum Gasteiger partial charge on any atom is 0.308 e. The summed E-state index contributed by atoms with van der Waals surface area (Å²) in [5, 5.41) is 61.1. The summed E-state index contributed by atoms with van der Waals surface area (Å²) in [5.41, 5.74) is -1.10. The van der Waals surface area contributed by atoms with Gasteiger partial charge in [-0.3, -0.25) is 4.79 Å². The van der Waals surface area contributed by atoms with Crippen molar-refractivity contribution in [3.63, 3.8) is 0 Å². The summed E-state index contributed by atoms with van der Waals surface area (Å²) >= 11 is 0. The Morgan fingerprint density at radius 1 is 1.14 bits per heavy atom. The van der Waals surface area contributed by atoms with Crippen LogP contribution in [0.2, 0.25) is 0 Å². The van der Waals surface area contributed by atoms with Crippen molar-refractivity contribution in [1.82, 2.24) is 0 Å². The van der Waals surface area contributed by atoms with Gasteiger partial charge in [0.2, 0.25) is 6.29 Å². The van der Waals surface area contributed by atoms with Gasteiger partial charge in [-0.05, 0) is 30.5 Å². The zero-order chi connectivity index (χ0) is 26.5. The van der Waals surface area contributed by atoms with Gasteiger partial charge in [-0.15, -0.1) is 0 Å². The number of benzene rings is 1. The molecule has 0 saturated carbocycles. The summed E-state index contributed by atoms with van der Waals surface area (Å²) in [6.07, 6.45) is -9.20. The minimum atomic E-state index is -1.96. The van der Waals surface area contributed by atoms with Crippen molar-refractivity contribution in [2.45, 2.75) is 75.4 Å². The number of rotatable bonds is 11. The Balaban J connectivity index is 1.71. The van der Waals surface area contributed by atoms with E-state index in [2.05, 4.69) is 0 Å². The molecule has 12 heteroatoms. The van der Waals surface area contributed by atoms with Crippen LogP contribution in [0, 0.1) is 5.92 Å². The summed E-state index contributed by atoms with van der Waals surface area (Å²) in [7, 11) is 0. The van der Waals surface area contributed by atoms with Crippen LogP contribution in [0.3, 0.4) is 0 Å². The topological polar surface area (TPSA) is 185 Å². The molecule has 0 amide bonds. The second-order valence-electron chi connectivity index (χ2n) is 9.19. The molecule has 2 heterocycles. The Bertz CT molecular complexity index is 835.